The summed E-state index contributed by atoms with van der Waals surface area (Å²) in [6.45, 7) is 6.73. The number of nitrogens with zero attached hydrogens (tertiary/aromatic N) is 2. The molecule has 0 aromatic carbocycles. The molecule has 0 aromatic rings. The standard InChI is InChI=1S/C11H23N3O3S/c15-18(16,14-4-1-9-17-10-7-14)11-8-13-5-2-12-3-6-13/h12H,1-11H2. The van der Waals surface area contributed by atoms with Gasteiger partial charge in [0.05, 0.1) is 12.4 Å². The molecule has 0 saturated carbocycles. The molecule has 0 aliphatic carbocycles. The van der Waals surface area contributed by atoms with Gasteiger partial charge >= 0.3 is 0 Å². The second-order valence-corrected chi connectivity index (χ2v) is 6.86. The highest BCUT2D eigenvalue weighted by Crippen LogP contribution is 2.07. The van der Waals surface area contributed by atoms with Crippen molar-refractivity contribution in [2.45, 2.75) is 6.42 Å². The molecule has 18 heavy (non-hydrogen) atoms. The fourth-order valence-electron chi connectivity index (χ4n) is 2.31. The zero-order valence-corrected chi connectivity index (χ0v) is 11.6. The smallest absolute Gasteiger partial charge is 0.215 e. The van der Waals surface area contributed by atoms with Gasteiger partial charge in [-0.2, -0.15) is 4.31 Å². The Bertz CT molecular complexity index is 333. The first-order valence-corrected chi connectivity index (χ1v) is 8.28. The molecule has 0 radical (unpaired) electrons. The number of hydrogen-bond acceptors (Lipinski definition) is 5. The Kier molecular flexibility index (Phi) is 5.38. The molecule has 0 bridgehead atoms. The SMILES string of the molecule is O=S(=O)(CCN1CCNCC1)N1CCCOCC1. The Labute approximate surface area is 109 Å². The van der Waals surface area contributed by atoms with E-state index in [1.54, 1.807) is 4.31 Å². The van der Waals surface area contributed by atoms with Gasteiger partial charge < -0.3 is 10.1 Å². The van der Waals surface area contributed by atoms with Crippen LogP contribution in [0.15, 0.2) is 0 Å². The Hall–Kier alpha value is -0.210. The van der Waals surface area contributed by atoms with Crippen molar-refractivity contribution in [2.24, 2.45) is 0 Å². The first kappa shape index (κ1) is 14.2. The van der Waals surface area contributed by atoms with Crippen molar-refractivity contribution in [1.29, 1.82) is 0 Å². The van der Waals surface area contributed by atoms with E-state index in [1.165, 1.54) is 0 Å². The minimum Gasteiger partial charge on any atom is -0.380 e. The van der Waals surface area contributed by atoms with Gasteiger partial charge in [-0.15, -0.1) is 0 Å². The summed E-state index contributed by atoms with van der Waals surface area (Å²) in [4.78, 5) is 2.21. The summed E-state index contributed by atoms with van der Waals surface area (Å²) < 4.78 is 31.3. The third kappa shape index (κ3) is 4.17. The van der Waals surface area contributed by atoms with Gasteiger partial charge in [-0.3, -0.25) is 4.90 Å². The van der Waals surface area contributed by atoms with Crippen LogP contribution in [0.25, 0.3) is 0 Å². The van der Waals surface area contributed by atoms with Crippen LogP contribution in [-0.4, -0.2) is 82.4 Å². The lowest BCUT2D eigenvalue weighted by atomic mass is 10.4. The minimum atomic E-state index is -3.11. The van der Waals surface area contributed by atoms with Crippen LogP contribution >= 0.6 is 0 Å². The van der Waals surface area contributed by atoms with Crippen molar-refractivity contribution in [3.05, 3.63) is 0 Å². The Morgan fingerprint density at radius 1 is 1.06 bits per heavy atom. The molecule has 6 nitrogen and oxygen atoms in total. The van der Waals surface area contributed by atoms with Crippen LogP contribution in [0, 0.1) is 0 Å². The fourth-order valence-corrected chi connectivity index (χ4v) is 3.82. The molecule has 0 unspecified atom stereocenters. The third-order valence-corrected chi connectivity index (χ3v) is 5.30. The maximum Gasteiger partial charge on any atom is 0.215 e. The third-order valence-electron chi connectivity index (χ3n) is 3.45. The summed E-state index contributed by atoms with van der Waals surface area (Å²) in [7, 11) is -3.11. The van der Waals surface area contributed by atoms with Crippen LogP contribution in [0.2, 0.25) is 0 Å². The van der Waals surface area contributed by atoms with Crippen LogP contribution in [0.5, 0.6) is 0 Å². The largest absolute Gasteiger partial charge is 0.380 e. The first-order valence-electron chi connectivity index (χ1n) is 6.67. The zero-order valence-electron chi connectivity index (χ0n) is 10.8. The molecular weight excluding hydrogens is 254 g/mol. The number of ether oxygens (including phenoxy) is 1. The first-order chi connectivity index (χ1) is 8.68. The van der Waals surface area contributed by atoms with Gasteiger partial charge in [-0.1, -0.05) is 0 Å². The summed E-state index contributed by atoms with van der Waals surface area (Å²) in [5.74, 6) is 0.229. The second kappa shape index (κ2) is 6.81. The quantitative estimate of drug-likeness (QED) is 0.710. The minimum absolute atomic E-state index is 0.229. The maximum absolute atomic E-state index is 12.2. The van der Waals surface area contributed by atoms with Crippen molar-refractivity contribution in [1.82, 2.24) is 14.5 Å². The molecule has 106 valence electrons. The van der Waals surface area contributed by atoms with E-state index in [4.69, 9.17) is 4.74 Å². The lowest BCUT2D eigenvalue weighted by Crippen LogP contribution is -2.46. The summed E-state index contributed by atoms with van der Waals surface area (Å²) in [6, 6.07) is 0. The fraction of sp³-hybridized carbons (Fsp3) is 1.00. The number of sulfonamides is 1. The van der Waals surface area contributed by atoms with E-state index >= 15 is 0 Å². The predicted molar refractivity (Wildman–Crippen MR) is 70.1 cm³/mol. The van der Waals surface area contributed by atoms with E-state index in [-0.39, 0.29) is 5.75 Å². The molecule has 2 aliphatic rings. The van der Waals surface area contributed by atoms with E-state index in [1.807, 2.05) is 0 Å². The zero-order chi connectivity index (χ0) is 12.8. The van der Waals surface area contributed by atoms with E-state index < -0.39 is 10.0 Å². The van der Waals surface area contributed by atoms with Crippen molar-refractivity contribution in [2.75, 3.05) is 64.8 Å². The highest BCUT2D eigenvalue weighted by Gasteiger charge is 2.24. The van der Waals surface area contributed by atoms with Gasteiger partial charge in [0.2, 0.25) is 10.0 Å². The second-order valence-electron chi connectivity index (χ2n) is 4.77. The van der Waals surface area contributed by atoms with Crippen LogP contribution in [0.4, 0.5) is 0 Å². The van der Waals surface area contributed by atoms with E-state index in [0.717, 1.165) is 32.6 Å². The molecule has 2 saturated heterocycles. The molecule has 0 amide bonds. The van der Waals surface area contributed by atoms with Gasteiger partial charge in [-0.25, -0.2) is 8.42 Å². The summed E-state index contributed by atoms with van der Waals surface area (Å²) in [6.07, 6.45) is 0.798. The highest BCUT2D eigenvalue weighted by atomic mass is 32.2. The number of nitrogens with one attached hydrogen (secondary N) is 1. The normalized spacial score (nSPS) is 24.9. The van der Waals surface area contributed by atoms with Gasteiger partial charge in [0.25, 0.3) is 0 Å². The van der Waals surface area contributed by atoms with Crippen molar-refractivity contribution in [3.63, 3.8) is 0 Å². The lowest BCUT2D eigenvalue weighted by Gasteiger charge is -2.28. The van der Waals surface area contributed by atoms with Gasteiger partial charge in [0.15, 0.2) is 0 Å². The van der Waals surface area contributed by atoms with Crippen LogP contribution in [-0.2, 0) is 14.8 Å². The molecule has 0 spiro atoms. The average molecular weight is 277 g/mol. The van der Waals surface area contributed by atoms with Crippen molar-refractivity contribution >= 4 is 10.0 Å². The van der Waals surface area contributed by atoms with Crippen LogP contribution in [0.1, 0.15) is 6.42 Å². The topological polar surface area (TPSA) is 61.9 Å². The maximum atomic E-state index is 12.2. The molecule has 1 N–H and O–H groups in total. The van der Waals surface area contributed by atoms with Gasteiger partial charge in [0.1, 0.15) is 0 Å². The summed E-state index contributed by atoms with van der Waals surface area (Å²) >= 11 is 0. The van der Waals surface area contributed by atoms with Gasteiger partial charge in [0, 0.05) is 52.4 Å². The Balaban J connectivity index is 1.81. The Morgan fingerprint density at radius 2 is 1.83 bits per heavy atom. The average Bonchev–Trinajstić information content (AvgIpc) is 2.67. The highest BCUT2D eigenvalue weighted by molar-refractivity contribution is 7.89. The summed E-state index contributed by atoms with van der Waals surface area (Å²) in [5.41, 5.74) is 0. The molecular formula is C11H23N3O3S. The van der Waals surface area contributed by atoms with Crippen LogP contribution < -0.4 is 5.32 Å². The Morgan fingerprint density at radius 3 is 2.61 bits per heavy atom. The molecule has 2 rings (SSSR count). The van der Waals surface area contributed by atoms with E-state index in [2.05, 4.69) is 10.2 Å². The number of rotatable bonds is 4. The molecule has 0 aromatic heterocycles. The van der Waals surface area contributed by atoms with Gasteiger partial charge in [-0.05, 0) is 6.42 Å². The lowest BCUT2D eigenvalue weighted by molar-refractivity contribution is 0.148. The molecule has 7 heteroatoms. The monoisotopic (exact) mass is 277 g/mol. The summed E-state index contributed by atoms with van der Waals surface area (Å²) in [5, 5.41) is 3.27. The van der Waals surface area contributed by atoms with Crippen LogP contribution in [0.3, 0.4) is 0 Å². The molecule has 2 heterocycles. The number of piperazine rings is 1. The van der Waals surface area contributed by atoms with E-state index in [0.29, 0.717) is 32.8 Å². The van der Waals surface area contributed by atoms with E-state index in [9.17, 15) is 8.42 Å². The van der Waals surface area contributed by atoms with Crippen molar-refractivity contribution < 1.29 is 13.2 Å². The van der Waals surface area contributed by atoms with Crippen molar-refractivity contribution in [3.8, 4) is 0 Å². The number of hydrogen-bond donors (Lipinski definition) is 1. The molecule has 0 atom stereocenters. The molecule has 2 aliphatic heterocycles. The predicted octanol–water partition coefficient (Wildman–Crippen LogP) is -1.06. The molecule has 2 fully saturated rings.